The van der Waals surface area contributed by atoms with Crippen LogP contribution in [-0.4, -0.2) is 30.8 Å². The number of aryl methyl sites for hydroxylation is 4. The Kier molecular flexibility index (Phi) is 5.01. The number of benzene rings is 1. The molecule has 3 heterocycles. The average molecular weight is 404 g/mol. The van der Waals surface area contributed by atoms with Gasteiger partial charge in [-0.25, -0.2) is 9.67 Å². The van der Waals surface area contributed by atoms with Gasteiger partial charge in [0.05, 0.1) is 5.69 Å². The van der Waals surface area contributed by atoms with Gasteiger partial charge in [0.25, 0.3) is 5.91 Å². The Bertz CT molecular complexity index is 1210. The zero-order valence-electron chi connectivity index (χ0n) is 17.0. The van der Waals surface area contributed by atoms with Gasteiger partial charge in [0.2, 0.25) is 5.88 Å². The third kappa shape index (κ3) is 4.19. The molecule has 4 rings (SSSR count). The fourth-order valence-corrected chi connectivity index (χ4v) is 2.94. The lowest BCUT2D eigenvalue weighted by Gasteiger charge is -2.09. The van der Waals surface area contributed by atoms with Crippen LogP contribution in [0.15, 0.2) is 47.0 Å². The molecule has 9 nitrogen and oxygen atoms in total. The molecule has 1 amide bonds. The topological polar surface area (TPSA) is 108 Å². The highest BCUT2D eigenvalue weighted by Gasteiger charge is 2.12. The van der Waals surface area contributed by atoms with Gasteiger partial charge in [-0.1, -0.05) is 5.16 Å². The molecule has 1 aromatic carbocycles. The van der Waals surface area contributed by atoms with Crippen LogP contribution < -0.4 is 10.1 Å². The van der Waals surface area contributed by atoms with Gasteiger partial charge in [0.15, 0.2) is 11.5 Å². The van der Waals surface area contributed by atoms with Gasteiger partial charge >= 0.3 is 0 Å². The minimum Gasteiger partial charge on any atom is -0.439 e. The zero-order valence-corrected chi connectivity index (χ0v) is 17.0. The van der Waals surface area contributed by atoms with Crippen LogP contribution in [0, 0.1) is 27.7 Å². The number of carbonyl (C=O) groups is 1. The van der Waals surface area contributed by atoms with Crippen LogP contribution in [0.2, 0.25) is 0 Å². The molecule has 152 valence electrons. The van der Waals surface area contributed by atoms with Crippen molar-refractivity contribution in [2.45, 2.75) is 27.7 Å². The monoisotopic (exact) mass is 404 g/mol. The van der Waals surface area contributed by atoms with Crippen molar-refractivity contribution in [3.63, 3.8) is 0 Å². The van der Waals surface area contributed by atoms with E-state index in [0.29, 0.717) is 34.7 Å². The van der Waals surface area contributed by atoms with E-state index in [1.54, 1.807) is 54.9 Å². The Labute approximate surface area is 172 Å². The summed E-state index contributed by atoms with van der Waals surface area (Å²) >= 11 is 0. The van der Waals surface area contributed by atoms with Crippen LogP contribution >= 0.6 is 0 Å². The molecule has 0 aliphatic carbocycles. The Hall–Kier alpha value is -4.01. The molecule has 0 saturated heterocycles. The van der Waals surface area contributed by atoms with Crippen molar-refractivity contribution < 1.29 is 14.1 Å². The normalized spacial score (nSPS) is 10.8. The van der Waals surface area contributed by atoms with Crippen LogP contribution in [0.3, 0.4) is 0 Å². The van der Waals surface area contributed by atoms with Gasteiger partial charge in [0, 0.05) is 23.5 Å². The fraction of sp³-hybridized carbons (Fsp3) is 0.190. The molecule has 30 heavy (non-hydrogen) atoms. The Morgan fingerprint density at radius 2 is 1.80 bits per heavy atom. The Morgan fingerprint density at radius 3 is 2.43 bits per heavy atom. The third-order valence-electron chi connectivity index (χ3n) is 4.22. The molecule has 0 aliphatic heterocycles. The number of hydrogen-bond acceptors (Lipinski definition) is 7. The van der Waals surface area contributed by atoms with Gasteiger partial charge < -0.3 is 14.6 Å². The Balaban J connectivity index is 1.49. The number of anilines is 1. The van der Waals surface area contributed by atoms with Crippen molar-refractivity contribution >= 4 is 11.6 Å². The number of nitrogens with zero attached hydrogens (tertiary/aromatic N) is 5. The molecule has 1 N–H and O–H groups in total. The fourth-order valence-electron chi connectivity index (χ4n) is 2.94. The second kappa shape index (κ2) is 7.78. The zero-order chi connectivity index (χ0) is 21.3. The van der Waals surface area contributed by atoms with Crippen LogP contribution in [0.25, 0.3) is 5.82 Å². The predicted molar refractivity (Wildman–Crippen MR) is 109 cm³/mol. The lowest BCUT2D eigenvalue weighted by Crippen LogP contribution is -2.12. The first-order chi connectivity index (χ1) is 14.4. The van der Waals surface area contributed by atoms with Gasteiger partial charge in [0.1, 0.15) is 17.3 Å². The number of aromatic nitrogens is 5. The number of carbonyl (C=O) groups excluding carboxylic acids is 1. The summed E-state index contributed by atoms with van der Waals surface area (Å²) in [6.45, 7) is 7.42. The maximum absolute atomic E-state index is 12.2. The number of amides is 1. The molecule has 0 unspecified atom stereocenters. The second-order valence-corrected chi connectivity index (χ2v) is 6.85. The van der Waals surface area contributed by atoms with Crippen molar-refractivity contribution in [3.8, 4) is 17.4 Å². The third-order valence-corrected chi connectivity index (χ3v) is 4.22. The molecule has 0 atom stereocenters. The van der Waals surface area contributed by atoms with Crippen LogP contribution in [0.4, 0.5) is 5.69 Å². The second-order valence-electron chi connectivity index (χ2n) is 6.85. The molecule has 0 radical (unpaired) electrons. The maximum atomic E-state index is 12.2. The van der Waals surface area contributed by atoms with Gasteiger partial charge in [-0.2, -0.15) is 10.1 Å². The van der Waals surface area contributed by atoms with E-state index >= 15 is 0 Å². The summed E-state index contributed by atoms with van der Waals surface area (Å²) in [5.41, 5.74) is 2.71. The van der Waals surface area contributed by atoms with Crippen molar-refractivity contribution in [1.29, 1.82) is 0 Å². The first-order valence-electron chi connectivity index (χ1n) is 9.29. The van der Waals surface area contributed by atoms with Gasteiger partial charge in [-0.15, -0.1) is 0 Å². The summed E-state index contributed by atoms with van der Waals surface area (Å²) in [5.74, 6) is 2.41. The van der Waals surface area contributed by atoms with E-state index in [9.17, 15) is 4.79 Å². The molecule has 0 fully saturated rings. The molecule has 3 aromatic heterocycles. The molecule has 9 heteroatoms. The minimum absolute atomic E-state index is 0.223. The summed E-state index contributed by atoms with van der Waals surface area (Å²) < 4.78 is 12.6. The predicted octanol–water partition coefficient (Wildman–Crippen LogP) is 3.93. The Morgan fingerprint density at radius 1 is 1.03 bits per heavy atom. The van der Waals surface area contributed by atoms with Crippen LogP contribution in [0.1, 0.15) is 33.5 Å². The highest BCUT2D eigenvalue weighted by atomic mass is 16.5. The molecule has 0 aliphatic rings. The average Bonchev–Trinajstić information content (AvgIpc) is 3.27. The number of ether oxygens (including phenoxy) is 1. The van der Waals surface area contributed by atoms with Gasteiger partial charge in [-0.05, 0) is 58.0 Å². The summed E-state index contributed by atoms with van der Waals surface area (Å²) in [6.07, 6.45) is 0. The van der Waals surface area contributed by atoms with Crippen molar-refractivity contribution in [1.82, 2.24) is 24.9 Å². The van der Waals surface area contributed by atoms with Crippen LogP contribution in [-0.2, 0) is 0 Å². The van der Waals surface area contributed by atoms with Crippen molar-refractivity contribution in [2.75, 3.05) is 5.32 Å². The summed E-state index contributed by atoms with van der Waals surface area (Å²) in [4.78, 5) is 20.9. The first kappa shape index (κ1) is 19.3. The lowest BCUT2D eigenvalue weighted by molar-refractivity contribution is 0.101. The number of hydrogen-bond donors (Lipinski definition) is 1. The highest BCUT2D eigenvalue weighted by Crippen LogP contribution is 2.24. The standard InChI is InChI=1S/C21H20N6O3/c1-12-9-13(2)27(25-12)19-11-20(23-15(4)22-19)29-17-7-5-16(6-8-17)24-21(28)18-10-14(3)30-26-18/h5-11H,1-4H3,(H,24,28). The first-order valence-corrected chi connectivity index (χ1v) is 9.29. The van der Waals surface area contributed by atoms with E-state index in [0.717, 1.165) is 11.4 Å². The van der Waals surface area contributed by atoms with Crippen molar-refractivity contribution in [2.24, 2.45) is 0 Å². The van der Waals surface area contributed by atoms with Crippen LogP contribution in [0.5, 0.6) is 11.6 Å². The molecule has 4 aromatic rings. The van der Waals surface area contributed by atoms with E-state index < -0.39 is 0 Å². The molecule has 0 saturated carbocycles. The van der Waals surface area contributed by atoms with Crippen molar-refractivity contribution in [3.05, 3.63) is 71.1 Å². The van der Waals surface area contributed by atoms with Gasteiger partial charge in [-0.3, -0.25) is 4.79 Å². The number of nitrogens with one attached hydrogen (secondary N) is 1. The SMILES string of the molecule is Cc1cc(C)n(-c2cc(Oc3ccc(NC(=O)c4cc(C)on4)cc3)nc(C)n2)n1. The van der Waals surface area contributed by atoms with E-state index in [1.807, 2.05) is 19.9 Å². The summed E-state index contributed by atoms with van der Waals surface area (Å²) in [5, 5.41) is 10.9. The molecular weight excluding hydrogens is 384 g/mol. The maximum Gasteiger partial charge on any atom is 0.277 e. The molecular formula is C21H20N6O3. The van der Waals surface area contributed by atoms with E-state index in [-0.39, 0.29) is 11.6 Å². The smallest absolute Gasteiger partial charge is 0.277 e. The van der Waals surface area contributed by atoms with E-state index in [1.165, 1.54) is 0 Å². The molecule has 0 spiro atoms. The van der Waals surface area contributed by atoms with E-state index in [2.05, 4.69) is 25.5 Å². The largest absolute Gasteiger partial charge is 0.439 e. The quantitative estimate of drug-likeness (QED) is 0.537. The lowest BCUT2D eigenvalue weighted by atomic mass is 10.3. The molecule has 0 bridgehead atoms. The summed E-state index contributed by atoms with van der Waals surface area (Å²) in [6, 6.07) is 12.2. The van der Waals surface area contributed by atoms with E-state index in [4.69, 9.17) is 9.26 Å². The summed E-state index contributed by atoms with van der Waals surface area (Å²) in [7, 11) is 0. The number of rotatable bonds is 5. The minimum atomic E-state index is -0.346. The highest BCUT2D eigenvalue weighted by molar-refractivity contribution is 6.02.